The Balaban J connectivity index is 2.72. The van der Waals surface area contributed by atoms with Crippen molar-refractivity contribution in [2.24, 2.45) is 5.92 Å². The molecular formula is C13H17BrN2O2. The number of rotatable bonds is 4. The van der Waals surface area contributed by atoms with Gasteiger partial charge in [0.05, 0.1) is 0 Å². The van der Waals surface area contributed by atoms with Gasteiger partial charge in [-0.3, -0.25) is 9.59 Å². The van der Waals surface area contributed by atoms with Crippen LogP contribution in [-0.4, -0.2) is 17.9 Å². The Hall–Kier alpha value is -1.36. The summed E-state index contributed by atoms with van der Waals surface area (Å²) in [6.07, 6.45) is 0. The van der Waals surface area contributed by atoms with Crippen LogP contribution in [0.4, 0.5) is 5.69 Å². The van der Waals surface area contributed by atoms with Crippen LogP contribution in [0.3, 0.4) is 0 Å². The molecule has 0 bridgehead atoms. The van der Waals surface area contributed by atoms with Crippen molar-refractivity contribution >= 4 is 33.4 Å². The molecule has 0 aliphatic carbocycles. The predicted octanol–water partition coefficient (Wildman–Crippen LogP) is 2.55. The highest BCUT2D eigenvalue weighted by Crippen LogP contribution is 2.15. The summed E-state index contributed by atoms with van der Waals surface area (Å²) >= 11 is 3.33. The Morgan fingerprint density at radius 3 is 2.17 bits per heavy atom. The van der Waals surface area contributed by atoms with Crippen LogP contribution in [0.5, 0.6) is 0 Å². The van der Waals surface area contributed by atoms with Gasteiger partial charge in [-0.15, -0.1) is 0 Å². The van der Waals surface area contributed by atoms with Crippen molar-refractivity contribution in [3.05, 3.63) is 28.7 Å². The van der Waals surface area contributed by atoms with Gasteiger partial charge in [-0.25, -0.2) is 0 Å². The predicted molar refractivity (Wildman–Crippen MR) is 75.2 cm³/mol. The molecule has 98 valence electrons. The molecule has 1 aromatic carbocycles. The number of carbonyl (C=O) groups excluding carboxylic acids is 2. The van der Waals surface area contributed by atoms with E-state index < -0.39 is 6.04 Å². The van der Waals surface area contributed by atoms with Crippen molar-refractivity contribution in [1.82, 2.24) is 5.32 Å². The smallest absolute Gasteiger partial charge is 0.247 e. The SMILES string of the molecule is CC(=O)NC(C(=O)Nc1ccc(Br)cc1)C(C)C. The monoisotopic (exact) mass is 312 g/mol. The zero-order valence-electron chi connectivity index (χ0n) is 10.7. The maximum Gasteiger partial charge on any atom is 0.247 e. The third kappa shape index (κ3) is 4.49. The van der Waals surface area contributed by atoms with Crippen molar-refractivity contribution in [3.63, 3.8) is 0 Å². The summed E-state index contributed by atoms with van der Waals surface area (Å²) in [5.74, 6) is -0.383. The first-order chi connectivity index (χ1) is 8.40. The van der Waals surface area contributed by atoms with Crippen molar-refractivity contribution < 1.29 is 9.59 Å². The molecule has 0 aliphatic rings. The van der Waals surface area contributed by atoms with E-state index in [0.717, 1.165) is 4.47 Å². The molecule has 4 nitrogen and oxygen atoms in total. The normalized spacial score (nSPS) is 12.1. The van der Waals surface area contributed by atoms with Gasteiger partial charge in [0.25, 0.3) is 0 Å². The first-order valence-corrected chi connectivity index (χ1v) is 6.53. The second-order valence-corrected chi connectivity index (χ2v) is 5.33. The Labute approximate surface area is 115 Å². The Kier molecular flexibility index (Phi) is 5.34. The molecule has 2 amide bonds. The molecule has 2 N–H and O–H groups in total. The number of hydrogen-bond acceptors (Lipinski definition) is 2. The van der Waals surface area contributed by atoms with Gasteiger partial charge in [0.2, 0.25) is 11.8 Å². The van der Waals surface area contributed by atoms with Crippen LogP contribution in [-0.2, 0) is 9.59 Å². The second kappa shape index (κ2) is 6.54. The standard InChI is InChI=1S/C13H17BrN2O2/c1-8(2)12(15-9(3)17)13(18)16-11-6-4-10(14)5-7-11/h4-8,12H,1-3H3,(H,15,17)(H,16,18). The number of benzene rings is 1. The van der Waals surface area contributed by atoms with Crippen LogP contribution in [0.15, 0.2) is 28.7 Å². The fourth-order valence-corrected chi connectivity index (χ4v) is 1.77. The molecule has 5 heteroatoms. The fraction of sp³-hybridized carbons (Fsp3) is 0.385. The lowest BCUT2D eigenvalue weighted by atomic mass is 10.0. The minimum Gasteiger partial charge on any atom is -0.344 e. The first-order valence-electron chi connectivity index (χ1n) is 5.73. The van der Waals surface area contributed by atoms with Crippen molar-refractivity contribution in [1.29, 1.82) is 0 Å². The molecular weight excluding hydrogens is 296 g/mol. The molecule has 0 spiro atoms. The van der Waals surface area contributed by atoms with Crippen LogP contribution < -0.4 is 10.6 Å². The zero-order valence-corrected chi connectivity index (χ0v) is 12.2. The summed E-state index contributed by atoms with van der Waals surface area (Å²) in [4.78, 5) is 23.1. The summed E-state index contributed by atoms with van der Waals surface area (Å²) in [5.41, 5.74) is 0.708. The molecule has 0 fully saturated rings. The fourth-order valence-electron chi connectivity index (χ4n) is 1.51. The summed E-state index contributed by atoms with van der Waals surface area (Å²) in [6, 6.07) is 6.77. The Morgan fingerprint density at radius 2 is 1.72 bits per heavy atom. The summed E-state index contributed by atoms with van der Waals surface area (Å²) in [6.45, 7) is 5.19. The van der Waals surface area contributed by atoms with E-state index in [1.807, 2.05) is 26.0 Å². The zero-order chi connectivity index (χ0) is 13.7. The molecule has 1 unspecified atom stereocenters. The molecule has 0 heterocycles. The number of halogens is 1. The van der Waals surface area contributed by atoms with E-state index >= 15 is 0 Å². The second-order valence-electron chi connectivity index (χ2n) is 4.42. The van der Waals surface area contributed by atoms with Gasteiger partial charge in [0.15, 0.2) is 0 Å². The lowest BCUT2D eigenvalue weighted by Crippen LogP contribution is -2.46. The molecule has 0 radical (unpaired) electrons. The highest BCUT2D eigenvalue weighted by Gasteiger charge is 2.22. The Bertz CT molecular complexity index is 429. The summed E-state index contributed by atoms with van der Waals surface area (Å²) in [5, 5.41) is 5.43. The summed E-state index contributed by atoms with van der Waals surface area (Å²) in [7, 11) is 0. The van der Waals surface area contributed by atoms with E-state index in [-0.39, 0.29) is 17.7 Å². The van der Waals surface area contributed by atoms with Gasteiger partial charge in [-0.1, -0.05) is 29.8 Å². The number of carbonyl (C=O) groups is 2. The lowest BCUT2D eigenvalue weighted by Gasteiger charge is -2.20. The molecule has 0 saturated carbocycles. The average Bonchev–Trinajstić information content (AvgIpc) is 2.28. The van der Waals surface area contributed by atoms with Crippen LogP contribution in [0.25, 0.3) is 0 Å². The largest absolute Gasteiger partial charge is 0.344 e. The quantitative estimate of drug-likeness (QED) is 0.897. The van der Waals surface area contributed by atoms with Crippen LogP contribution in [0, 0.1) is 5.92 Å². The van der Waals surface area contributed by atoms with Gasteiger partial charge in [0, 0.05) is 17.1 Å². The van der Waals surface area contributed by atoms with Crippen molar-refractivity contribution in [3.8, 4) is 0 Å². The minimum atomic E-state index is -0.522. The number of amides is 2. The van der Waals surface area contributed by atoms with Crippen LogP contribution in [0.2, 0.25) is 0 Å². The van der Waals surface area contributed by atoms with E-state index in [2.05, 4.69) is 26.6 Å². The third-order valence-electron chi connectivity index (χ3n) is 2.42. The van der Waals surface area contributed by atoms with Gasteiger partial charge >= 0.3 is 0 Å². The van der Waals surface area contributed by atoms with Gasteiger partial charge < -0.3 is 10.6 Å². The molecule has 18 heavy (non-hydrogen) atoms. The number of anilines is 1. The first kappa shape index (κ1) is 14.7. The van der Waals surface area contributed by atoms with E-state index in [1.165, 1.54) is 6.92 Å². The molecule has 0 aromatic heterocycles. The maximum atomic E-state index is 12.0. The lowest BCUT2D eigenvalue weighted by molar-refractivity contribution is -0.126. The highest BCUT2D eigenvalue weighted by atomic mass is 79.9. The average molecular weight is 313 g/mol. The van der Waals surface area contributed by atoms with E-state index in [1.54, 1.807) is 12.1 Å². The highest BCUT2D eigenvalue weighted by molar-refractivity contribution is 9.10. The van der Waals surface area contributed by atoms with Gasteiger partial charge in [0.1, 0.15) is 6.04 Å². The maximum absolute atomic E-state index is 12.0. The van der Waals surface area contributed by atoms with Crippen molar-refractivity contribution in [2.45, 2.75) is 26.8 Å². The minimum absolute atomic E-state index is 0.0318. The third-order valence-corrected chi connectivity index (χ3v) is 2.95. The Morgan fingerprint density at radius 1 is 1.17 bits per heavy atom. The number of nitrogens with one attached hydrogen (secondary N) is 2. The van der Waals surface area contributed by atoms with Gasteiger partial charge in [-0.05, 0) is 30.2 Å². The van der Waals surface area contributed by atoms with Gasteiger partial charge in [-0.2, -0.15) is 0 Å². The van der Waals surface area contributed by atoms with E-state index in [9.17, 15) is 9.59 Å². The molecule has 1 rings (SSSR count). The summed E-state index contributed by atoms with van der Waals surface area (Å²) < 4.78 is 0.947. The van der Waals surface area contributed by atoms with Crippen LogP contribution in [0.1, 0.15) is 20.8 Å². The molecule has 1 aromatic rings. The number of hydrogen-bond donors (Lipinski definition) is 2. The van der Waals surface area contributed by atoms with Crippen LogP contribution >= 0.6 is 15.9 Å². The van der Waals surface area contributed by atoms with E-state index in [0.29, 0.717) is 5.69 Å². The molecule has 0 saturated heterocycles. The molecule has 1 atom stereocenters. The molecule has 0 aliphatic heterocycles. The van der Waals surface area contributed by atoms with E-state index in [4.69, 9.17) is 0 Å². The topological polar surface area (TPSA) is 58.2 Å². The van der Waals surface area contributed by atoms with Crippen molar-refractivity contribution in [2.75, 3.05) is 5.32 Å².